The van der Waals surface area contributed by atoms with Crippen molar-refractivity contribution in [2.75, 3.05) is 6.54 Å². The predicted molar refractivity (Wildman–Crippen MR) is 92.7 cm³/mol. The molecule has 1 aliphatic heterocycles. The number of hydrogen-bond acceptors (Lipinski definition) is 3. The van der Waals surface area contributed by atoms with Gasteiger partial charge in [-0.2, -0.15) is 0 Å². The molecule has 1 aromatic carbocycles. The lowest BCUT2D eigenvalue weighted by atomic mass is 10.0. The molecule has 0 radical (unpaired) electrons. The van der Waals surface area contributed by atoms with Crippen LogP contribution in [-0.2, 0) is 13.0 Å². The van der Waals surface area contributed by atoms with E-state index < -0.39 is 0 Å². The van der Waals surface area contributed by atoms with Crippen molar-refractivity contribution in [3.63, 3.8) is 0 Å². The lowest BCUT2D eigenvalue weighted by molar-refractivity contribution is 0.0730. The minimum Gasteiger partial charge on any atom is -0.467 e. The molecule has 2 heterocycles. The van der Waals surface area contributed by atoms with Gasteiger partial charge in [-0.1, -0.05) is 30.3 Å². The van der Waals surface area contributed by atoms with Crippen LogP contribution in [-0.4, -0.2) is 23.4 Å². The van der Waals surface area contributed by atoms with Crippen molar-refractivity contribution in [2.24, 2.45) is 5.73 Å². The second-order valence-electron chi connectivity index (χ2n) is 5.82. The lowest BCUT2D eigenvalue weighted by Gasteiger charge is -2.24. The van der Waals surface area contributed by atoms with Crippen LogP contribution in [0.25, 0.3) is 0 Å². The van der Waals surface area contributed by atoms with E-state index in [4.69, 9.17) is 10.2 Å². The summed E-state index contributed by atoms with van der Waals surface area (Å²) in [5.41, 5.74) is 7.48. The number of amides is 1. The molecule has 0 bridgehead atoms. The van der Waals surface area contributed by atoms with E-state index in [1.54, 1.807) is 6.07 Å². The molecule has 2 N–H and O–H groups in total. The van der Waals surface area contributed by atoms with E-state index in [2.05, 4.69) is 24.3 Å². The zero-order chi connectivity index (χ0) is 15.4. The number of carbonyl (C=O) groups excluding carboxylic acids is 1. The first kappa shape index (κ1) is 17.6. The molecule has 4 nitrogen and oxygen atoms in total. The van der Waals surface area contributed by atoms with Crippen LogP contribution in [0.1, 0.15) is 40.9 Å². The summed E-state index contributed by atoms with van der Waals surface area (Å²) in [4.78, 5) is 14.6. The van der Waals surface area contributed by atoms with E-state index in [9.17, 15) is 4.79 Å². The predicted octanol–water partition coefficient (Wildman–Crippen LogP) is 3.40. The largest absolute Gasteiger partial charge is 0.467 e. The Kier molecular flexibility index (Phi) is 6.25. The Balaban J connectivity index is 0.00000192. The molecular weight excluding hydrogens is 312 g/mol. The van der Waals surface area contributed by atoms with E-state index >= 15 is 0 Å². The number of aryl methyl sites for hydroxylation is 1. The van der Waals surface area contributed by atoms with Crippen molar-refractivity contribution in [1.29, 1.82) is 0 Å². The molecule has 1 aromatic heterocycles. The van der Waals surface area contributed by atoms with Crippen molar-refractivity contribution in [2.45, 2.75) is 38.3 Å². The van der Waals surface area contributed by atoms with Gasteiger partial charge in [0.15, 0.2) is 0 Å². The van der Waals surface area contributed by atoms with Crippen LogP contribution in [0.2, 0.25) is 0 Å². The summed E-state index contributed by atoms with van der Waals surface area (Å²) in [6.45, 7) is 1.16. The minimum absolute atomic E-state index is 0. The summed E-state index contributed by atoms with van der Waals surface area (Å²) >= 11 is 0. The van der Waals surface area contributed by atoms with Gasteiger partial charge in [0, 0.05) is 12.6 Å². The van der Waals surface area contributed by atoms with Gasteiger partial charge in [0.2, 0.25) is 0 Å². The first-order chi connectivity index (χ1) is 10.8. The number of halogens is 1. The van der Waals surface area contributed by atoms with E-state index in [1.807, 2.05) is 11.0 Å². The average Bonchev–Trinajstić information content (AvgIpc) is 3.22. The molecule has 1 saturated heterocycles. The molecule has 0 saturated carbocycles. The number of hydrogen-bond donors (Lipinski definition) is 1. The monoisotopic (exact) mass is 334 g/mol. The highest BCUT2D eigenvalue weighted by atomic mass is 35.5. The maximum atomic E-state index is 12.6. The normalized spacial score (nSPS) is 17.1. The van der Waals surface area contributed by atoms with Crippen LogP contribution in [0, 0.1) is 0 Å². The molecule has 1 fully saturated rings. The van der Waals surface area contributed by atoms with Gasteiger partial charge in [-0.3, -0.25) is 4.79 Å². The smallest absolute Gasteiger partial charge is 0.257 e. The van der Waals surface area contributed by atoms with Crippen molar-refractivity contribution >= 4 is 18.3 Å². The number of nitrogens with two attached hydrogens (primary N) is 1. The molecule has 124 valence electrons. The third-order valence-electron chi connectivity index (χ3n) is 4.35. The maximum absolute atomic E-state index is 12.6. The lowest BCUT2D eigenvalue weighted by Crippen LogP contribution is -2.35. The first-order valence-corrected chi connectivity index (χ1v) is 7.90. The van der Waals surface area contributed by atoms with Crippen molar-refractivity contribution in [3.05, 3.63) is 59.5 Å². The summed E-state index contributed by atoms with van der Waals surface area (Å²) in [6, 6.07) is 12.5. The van der Waals surface area contributed by atoms with Crippen LogP contribution in [0.3, 0.4) is 0 Å². The Hall–Kier alpha value is -1.78. The molecule has 1 aliphatic rings. The molecule has 1 unspecified atom stereocenters. The van der Waals surface area contributed by atoms with Crippen LogP contribution in [0.15, 0.2) is 47.1 Å². The second-order valence-corrected chi connectivity index (χ2v) is 5.82. The van der Waals surface area contributed by atoms with Gasteiger partial charge in [0.05, 0.1) is 12.1 Å². The fraction of sp³-hybridized carbons (Fsp3) is 0.389. The minimum atomic E-state index is 0. The van der Waals surface area contributed by atoms with Gasteiger partial charge in [0.25, 0.3) is 5.91 Å². The average molecular weight is 335 g/mol. The standard InChI is InChI=1S/C18H22N2O2.ClH/c19-12-17-11-15(13-22-17)18(21)20-10-4-7-16(20)9-8-14-5-2-1-3-6-14;/h1-3,5-6,11,13,16H,4,7-10,12,19H2;1H. The summed E-state index contributed by atoms with van der Waals surface area (Å²) in [5.74, 6) is 0.724. The number of nitrogens with zero attached hydrogens (tertiary/aromatic N) is 1. The number of rotatable bonds is 5. The Bertz CT molecular complexity index is 627. The highest BCUT2D eigenvalue weighted by Gasteiger charge is 2.29. The molecule has 23 heavy (non-hydrogen) atoms. The van der Waals surface area contributed by atoms with Crippen LogP contribution >= 0.6 is 12.4 Å². The van der Waals surface area contributed by atoms with Gasteiger partial charge < -0.3 is 15.1 Å². The van der Waals surface area contributed by atoms with E-state index in [0.717, 1.165) is 32.2 Å². The van der Waals surface area contributed by atoms with E-state index in [0.29, 0.717) is 23.9 Å². The molecule has 5 heteroatoms. The first-order valence-electron chi connectivity index (χ1n) is 7.90. The van der Waals surface area contributed by atoms with E-state index in [-0.39, 0.29) is 18.3 Å². The highest BCUT2D eigenvalue weighted by Crippen LogP contribution is 2.24. The summed E-state index contributed by atoms with van der Waals surface area (Å²) in [5, 5.41) is 0. The molecule has 1 atom stereocenters. The van der Waals surface area contributed by atoms with Crippen molar-refractivity contribution < 1.29 is 9.21 Å². The van der Waals surface area contributed by atoms with Gasteiger partial charge in [-0.25, -0.2) is 0 Å². The molecule has 3 rings (SSSR count). The Morgan fingerprint density at radius 1 is 1.30 bits per heavy atom. The number of furan rings is 1. The van der Waals surface area contributed by atoms with Crippen LogP contribution < -0.4 is 5.73 Å². The van der Waals surface area contributed by atoms with E-state index in [1.165, 1.54) is 11.8 Å². The van der Waals surface area contributed by atoms with Crippen molar-refractivity contribution in [1.82, 2.24) is 4.90 Å². The Morgan fingerprint density at radius 3 is 2.78 bits per heavy atom. The van der Waals surface area contributed by atoms with Gasteiger partial charge in [-0.05, 0) is 37.3 Å². The fourth-order valence-electron chi connectivity index (χ4n) is 3.15. The molecule has 1 amide bonds. The zero-order valence-corrected chi connectivity index (χ0v) is 13.9. The maximum Gasteiger partial charge on any atom is 0.257 e. The number of carbonyl (C=O) groups is 1. The van der Waals surface area contributed by atoms with Crippen LogP contribution in [0.4, 0.5) is 0 Å². The SMILES string of the molecule is Cl.NCc1cc(C(=O)N2CCCC2CCc2ccccc2)co1. The number of likely N-dealkylation sites (tertiary alicyclic amines) is 1. The van der Waals surface area contributed by atoms with Crippen molar-refractivity contribution in [3.8, 4) is 0 Å². The molecule has 2 aromatic rings. The summed E-state index contributed by atoms with van der Waals surface area (Å²) < 4.78 is 5.29. The number of benzene rings is 1. The second kappa shape index (κ2) is 8.18. The zero-order valence-electron chi connectivity index (χ0n) is 13.1. The third-order valence-corrected chi connectivity index (χ3v) is 4.35. The third kappa shape index (κ3) is 4.15. The summed E-state index contributed by atoms with van der Waals surface area (Å²) in [6.07, 6.45) is 5.70. The highest BCUT2D eigenvalue weighted by molar-refractivity contribution is 5.94. The molecule has 0 spiro atoms. The molecule has 0 aliphatic carbocycles. The quantitative estimate of drug-likeness (QED) is 0.911. The topological polar surface area (TPSA) is 59.5 Å². The Labute approximate surface area is 143 Å². The van der Waals surface area contributed by atoms with Crippen LogP contribution in [0.5, 0.6) is 0 Å². The Morgan fingerprint density at radius 2 is 2.09 bits per heavy atom. The van der Waals surface area contributed by atoms with Gasteiger partial charge in [-0.15, -0.1) is 12.4 Å². The summed E-state index contributed by atoms with van der Waals surface area (Å²) in [7, 11) is 0. The van der Waals surface area contributed by atoms with Gasteiger partial charge in [0.1, 0.15) is 12.0 Å². The van der Waals surface area contributed by atoms with Gasteiger partial charge >= 0.3 is 0 Å². The fourth-order valence-corrected chi connectivity index (χ4v) is 3.15. The molecular formula is C18H23ClN2O2.